The maximum absolute atomic E-state index is 11.7. The molecule has 0 radical (unpaired) electrons. The molecule has 0 saturated carbocycles. The Hall–Kier alpha value is -1.16. The molecule has 1 unspecified atom stereocenters. The second-order valence-corrected chi connectivity index (χ2v) is 5.29. The molecule has 1 aromatic rings. The van der Waals surface area contributed by atoms with E-state index in [1.165, 1.54) is 12.2 Å². The van der Waals surface area contributed by atoms with Gasteiger partial charge < -0.3 is 10.6 Å². The maximum Gasteiger partial charge on any atom is 0.251 e. The molecule has 1 aliphatic heterocycles. The molecule has 1 atom stereocenters. The highest BCUT2D eigenvalue weighted by atomic mass is 32.2. The second-order valence-electron chi connectivity index (χ2n) is 4.15. The zero-order valence-corrected chi connectivity index (χ0v) is 10.8. The summed E-state index contributed by atoms with van der Waals surface area (Å²) in [6.45, 7) is 2.59. The van der Waals surface area contributed by atoms with E-state index in [1.807, 2.05) is 43.0 Å². The summed E-state index contributed by atoms with van der Waals surface area (Å²) in [6, 6.07) is 8.26. The van der Waals surface area contributed by atoms with Crippen molar-refractivity contribution in [2.24, 2.45) is 0 Å². The topological polar surface area (TPSA) is 41.1 Å². The van der Waals surface area contributed by atoms with Crippen LogP contribution in [0, 0.1) is 0 Å². The second kappa shape index (κ2) is 5.96. The van der Waals surface area contributed by atoms with Crippen molar-refractivity contribution in [2.45, 2.75) is 19.4 Å². The van der Waals surface area contributed by atoms with Gasteiger partial charge in [0.25, 0.3) is 5.91 Å². The van der Waals surface area contributed by atoms with Crippen LogP contribution < -0.4 is 10.6 Å². The predicted octanol–water partition coefficient (Wildman–Crippen LogP) is 2.35. The molecule has 2 rings (SSSR count). The minimum Gasteiger partial charge on any atom is -0.381 e. The summed E-state index contributed by atoms with van der Waals surface area (Å²) in [7, 11) is 0. The lowest BCUT2D eigenvalue weighted by atomic mass is 10.1. The van der Waals surface area contributed by atoms with Crippen LogP contribution in [0.1, 0.15) is 23.7 Å². The predicted molar refractivity (Wildman–Crippen MR) is 73.8 cm³/mol. The Labute approximate surface area is 106 Å². The smallest absolute Gasteiger partial charge is 0.251 e. The molecular weight excluding hydrogens is 232 g/mol. The molecule has 1 aliphatic rings. The number of benzene rings is 1. The third-order valence-corrected chi connectivity index (χ3v) is 3.93. The first-order valence-corrected chi connectivity index (χ1v) is 7.17. The highest BCUT2D eigenvalue weighted by molar-refractivity contribution is 7.99. The van der Waals surface area contributed by atoms with Crippen LogP contribution in [0.15, 0.2) is 24.3 Å². The fourth-order valence-electron chi connectivity index (χ4n) is 1.90. The van der Waals surface area contributed by atoms with Gasteiger partial charge in [-0.05, 0) is 37.3 Å². The number of rotatable bonds is 4. The Balaban J connectivity index is 2.02. The Morgan fingerprint density at radius 1 is 1.53 bits per heavy atom. The van der Waals surface area contributed by atoms with Gasteiger partial charge in [-0.25, -0.2) is 0 Å². The first-order valence-electron chi connectivity index (χ1n) is 6.02. The van der Waals surface area contributed by atoms with Crippen molar-refractivity contribution in [2.75, 3.05) is 23.4 Å². The summed E-state index contributed by atoms with van der Waals surface area (Å²) >= 11 is 1.98. The highest BCUT2D eigenvalue weighted by Crippen LogP contribution is 2.21. The minimum atomic E-state index is -0.00283. The first kappa shape index (κ1) is 12.3. The van der Waals surface area contributed by atoms with E-state index in [0.717, 1.165) is 17.0 Å². The summed E-state index contributed by atoms with van der Waals surface area (Å²) in [5.74, 6) is 2.39. The van der Waals surface area contributed by atoms with E-state index in [9.17, 15) is 4.79 Å². The van der Waals surface area contributed by atoms with Crippen molar-refractivity contribution in [1.82, 2.24) is 5.32 Å². The molecule has 0 spiro atoms. The van der Waals surface area contributed by atoms with E-state index < -0.39 is 0 Å². The average Bonchev–Trinajstić information content (AvgIpc) is 2.82. The van der Waals surface area contributed by atoms with Gasteiger partial charge in [-0.2, -0.15) is 11.8 Å². The standard InChI is InChI=1S/C13H18N2OS/c1-2-14-13(16)10-4-3-5-11(8-10)15-12-6-7-17-9-12/h3-5,8,12,15H,2,6-7,9H2,1H3,(H,14,16). The molecule has 0 aliphatic carbocycles. The van der Waals surface area contributed by atoms with Gasteiger partial charge in [0.05, 0.1) is 0 Å². The number of amides is 1. The van der Waals surface area contributed by atoms with Gasteiger partial charge in [0.2, 0.25) is 0 Å². The molecule has 1 amide bonds. The normalized spacial score (nSPS) is 19.0. The van der Waals surface area contributed by atoms with Crippen LogP contribution in [-0.4, -0.2) is 30.0 Å². The summed E-state index contributed by atoms with van der Waals surface area (Å²) in [6.07, 6.45) is 1.20. The summed E-state index contributed by atoms with van der Waals surface area (Å²) in [5, 5.41) is 6.29. The summed E-state index contributed by atoms with van der Waals surface area (Å²) < 4.78 is 0. The van der Waals surface area contributed by atoms with Crippen molar-refractivity contribution in [3.63, 3.8) is 0 Å². The van der Waals surface area contributed by atoms with Crippen LogP contribution >= 0.6 is 11.8 Å². The summed E-state index contributed by atoms with van der Waals surface area (Å²) in [4.78, 5) is 11.7. The van der Waals surface area contributed by atoms with E-state index in [4.69, 9.17) is 0 Å². The van der Waals surface area contributed by atoms with Gasteiger partial charge in [0.1, 0.15) is 0 Å². The molecule has 1 fully saturated rings. The molecule has 1 aromatic carbocycles. The number of hydrogen-bond donors (Lipinski definition) is 2. The van der Waals surface area contributed by atoms with E-state index in [-0.39, 0.29) is 5.91 Å². The van der Waals surface area contributed by atoms with Crippen molar-refractivity contribution >= 4 is 23.4 Å². The Morgan fingerprint density at radius 2 is 2.41 bits per heavy atom. The highest BCUT2D eigenvalue weighted by Gasteiger charge is 2.15. The zero-order valence-electron chi connectivity index (χ0n) is 10.0. The van der Waals surface area contributed by atoms with Crippen molar-refractivity contribution in [1.29, 1.82) is 0 Å². The third-order valence-electron chi connectivity index (χ3n) is 2.76. The van der Waals surface area contributed by atoms with Crippen LogP contribution in [-0.2, 0) is 0 Å². The largest absolute Gasteiger partial charge is 0.381 e. The van der Waals surface area contributed by atoms with E-state index in [2.05, 4.69) is 10.6 Å². The van der Waals surface area contributed by atoms with Crippen LogP contribution in [0.25, 0.3) is 0 Å². The van der Waals surface area contributed by atoms with E-state index in [0.29, 0.717) is 12.6 Å². The number of carbonyl (C=O) groups excluding carboxylic acids is 1. The average molecular weight is 250 g/mol. The zero-order chi connectivity index (χ0) is 12.1. The van der Waals surface area contributed by atoms with Gasteiger partial charge in [0, 0.05) is 29.6 Å². The number of nitrogens with one attached hydrogen (secondary N) is 2. The van der Waals surface area contributed by atoms with Gasteiger partial charge in [-0.15, -0.1) is 0 Å². The van der Waals surface area contributed by atoms with E-state index in [1.54, 1.807) is 0 Å². The molecule has 92 valence electrons. The minimum absolute atomic E-state index is 0.00283. The molecule has 0 aromatic heterocycles. The lowest BCUT2D eigenvalue weighted by molar-refractivity contribution is 0.0956. The number of thioether (sulfide) groups is 1. The Bertz CT molecular complexity index is 389. The lowest BCUT2D eigenvalue weighted by Gasteiger charge is -2.13. The first-order chi connectivity index (χ1) is 8.29. The van der Waals surface area contributed by atoms with Gasteiger partial charge in [-0.1, -0.05) is 6.07 Å². The fourth-order valence-corrected chi connectivity index (χ4v) is 3.05. The van der Waals surface area contributed by atoms with Crippen LogP contribution in [0.4, 0.5) is 5.69 Å². The van der Waals surface area contributed by atoms with Crippen LogP contribution in [0.5, 0.6) is 0 Å². The molecule has 1 heterocycles. The molecule has 3 nitrogen and oxygen atoms in total. The number of anilines is 1. The molecule has 17 heavy (non-hydrogen) atoms. The Kier molecular flexibility index (Phi) is 4.31. The number of carbonyl (C=O) groups is 1. The van der Waals surface area contributed by atoms with Crippen LogP contribution in [0.3, 0.4) is 0 Å². The molecule has 4 heteroatoms. The molecule has 2 N–H and O–H groups in total. The monoisotopic (exact) mass is 250 g/mol. The van der Waals surface area contributed by atoms with Crippen molar-refractivity contribution in [3.05, 3.63) is 29.8 Å². The summed E-state index contributed by atoms with van der Waals surface area (Å²) in [5.41, 5.74) is 1.77. The Morgan fingerprint density at radius 3 is 3.12 bits per heavy atom. The van der Waals surface area contributed by atoms with Gasteiger partial charge in [-0.3, -0.25) is 4.79 Å². The van der Waals surface area contributed by atoms with Gasteiger partial charge in [0.15, 0.2) is 0 Å². The molecule has 0 bridgehead atoms. The molecular formula is C13H18N2OS. The quantitative estimate of drug-likeness (QED) is 0.862. The third kappa shape index (κ3) is 3.40. The van der Waals surface area contributed by atoms with Crippen molar-refractivity contribution in [3.8, 4) is 0 Å². The maximum atomic E-state index is 11.7. The molecule has 1 saturated heterocycles. The SMILES string of the molecule is CCNC(=O)c1cccc(NC2CCSC2)c1. The van der Waals surface area contributed by atoms with Crippen LogP contribution in [0.2, 0.25) is 0 Å². The lowest BCUT2D eigenvalue weighted by Crippen LogP contribution is -2.23. The van der Waals surface area contributed by atoms with Crippen molar-refractivity contribution < 1.29 is 4.79 Å². The van der Waals surface area contributed by atoms with Gasteiger partial charge >= 0.3 is 0 Å². The van der Waals surface area contributed by atoms with E-state index >= 15 is 0 Å². The fraction of sp³-hybridized carbons (Fsp3) is 0.462. The number of hydrogen-bond acceptors (Lipinski definition) is 3.